The number of rotatable bonds is 9. The number of amides is 2. The molecule has 0 spiro atoms. The van der Waals surface area contributed by atoms with Crippen LogP contribution in [-0.4, -0.2) is 62.2 Å². The van der Waals surface area contributed by atoms with Crippen LogP contribution in [0.5, 0.6) is 0 Å². The maximum absolute atomic E-state index is 13.0. The molecular weight excluding hydrogens is 490 g/mol. The number of ether oxygens (including phenoxy) is 1. The Labute approximate surface area is 210 Å². The molecular formula is C24H31N3O6S2. The van der Waals surface area contributed by atoms with E-state index in [2.05, 4.69) is 5.32 Å². The van der Waals surface area contributed by atoms with Crippen LogP contribution < -0.4 is 5.32 Å². The number of anilines is 1. The van der Waals surface area contributed by atoms with Crippen molar-refractivity contribution in [3.05, 3.63) is 45.8 Å². The van der Waals surface area contributed by atoms with Gasteiger partial charge in [0.05, 0.1) is 23.6 Å². The zero-order chi connectivity index (χ0) is 25.8. The molecule has 0 bridgehead atoms. The van der Waals surface area contributed by atoms with Crippen molar-refractivity contribution < 1.29 is 27.5 Å². The van der Waals surface area contributed by atoms with Gasteiger partial charge in [0, 0.05) is 37.5 Å². The smallest absolute Gasteiger partial charge is 0.341 e. The van der Waals surface area contributed by atoms with Crippen LogP contribution >= 0.6 is 11.3 Å². The molecule has 0 saturated heterocycles. The van der Waals surface area contributed by atoms with E-state index in [1.54, 1.807) is 11.8 Å². The molecule has 0 atom stereocenters. The second kappa shape index (κ2) is 11.3. The highest BCUT2D eigenvalue weighted by molar-refractivity contribution is 7.89. The van der Waals surface area contributed by atoms with Gasteiger partial charge in [-0.2, -0.15) is 0 Å². The lowest BCUT2D eigenvalue weighted by Crippen LogP contribution is -2.34. The number of hydrogen-bond donors (Lipinski definition) is 1. The summed E-state index contributed by atoms with van der Waals surface area (Å²) in [7, 11) is -2.10. The van der Waals surface area contributed by atoms with Crippen molar-refractivity contribution in [2.75, 3.05) is 32.1 Å². The van der Waals surface area contributed by atoms with Crippen molar-refractivity contribution in [1.82, 2.24) is 9.21 Å². The van der Waals surface area contributed by atoms with E-state index in [4.69, 9.17) is 4.74 Å². The van der Waals surface area contributed by atoms with E-state index < -0.39 is 21.9 Å². The second-order valence-electron chi connectivity index (χ2n) is 8.28. The van der Waals surface area contributed by atoms with Gasteiger partial charge in [-0.1, -0.05) is 13.3 Å². The van der Waals surface area contributed by atoms with Gasteiger partial charge in [0.2, 0.25) is 15.9 Å². The molecule has 0 aliphatic carbocycles. The van der Waals surface area contributed by atoms with Gasteiger partial charge in [0.1, 0.15) is 5.00 Å². The van der Waals surface area contributed by atoms with Gasteiger partial charge >= 0.3 is 5.97 Å². The molecule has 2 heterocycles. The maximum Gasteiger partial charge on any atom is 0.341 e. The molecule has 190 valence electrons. The largest absolute Gasteiger partial charge is 0.462 e. The molecule has 35 heavy (non-hydrogen) atoms. The van der Waals surface area contributed by atoms with E-state index in [1.165, 1.54) is 53.9 Å². The van der Waals surface area contributed by atoms with Crippen LogP contribution in [0.1, 0.15) is 64.8 Å². The van der Waals surface area contributed by atoms with Crippen LogP contribution in [0.4, 0.5) is 5.00 Å². The predicted molar refractivity (Wildman–Crippen MR) is 134 cm³/mol. The Hall–Kier alpha value is -2.76. The Morgan fingerprint density at radius 3 is 2.46 bits per heavy atom. The average molecular weight is 522 g/mol. The van der Waals surface area contributed by atoms with Gasteiger partial charge in [-0.25, -0.2) is 17.5 Å². The monoisotopic (exact) mass is 521 g/mol. The van der Waals surface area contributed by atoms with Gasteiger partial charge in [-0.3, -0.25) is 9.59 Å². The highest BCUT2D eigenvalue weighted by Crippen LogP contribution is 2.38. The Bertz CT molecular complexity index is 1200. The zero-order valence-corrected chi connectivity index (χ0v) is 22.1. The fourth-order valence-corrected chi connectivity index (χ4v) is 6.27. The molecule has 0 saturated carbocycles. The lowest BCUT2D eigenvalue weighted by molar-refractivity contribution is -0.129. The molecule has 1 aliphatic heterocycles. The number of benzene rings is 1. The van der Waals surface area contributed by atoms with Crippen LogP contribution in [0.3, 0.4) is 0 Å². The minimum absolute atomic E-state index is 0.0531. The number of hydrogen-bond acceptors (Lipinski definition) is 7. The number of unbranched alkanes of at least 4 members (excludes halogenated alkanes) is 1. The Morgan fingerprint density at radius 2 is 1.86 bits per heavy atom. The minimum atomic E-state index is -3.64. The highest BCUT2D eigenvalue weighted by atomic mass is 32.2. The number of esters is 1. The third-order valence-electron chi connectivity index (χ3n) is 5.86. The van der Waals surface area contributed by atoms with Crippen molar-refractivity contribution in [2.45, 2.75) is 51.5 Å². The quantitative estimate of drug-likeness (QED) is 0.506. The van der Waals surface area contributed by atoms with Crippen LogP contribution in [0.2, 0.25) is 0 Å². The van der Waals surface area contributed by atoms with E-state index in [9.17, 15) is 22.8 Å². The number of carbonyl (C=O) groups excluding carboxylic acids is 3. The fraction of sp³-hybridized carbons (Fsp3) is 0.458. The summed E-state index contributed by atoms with van der Waals surface area (Å²) in [6, 6.07) is 5.71. The second-order valence-corrected chi connectivity index (χ2v) is 11.4. The first-order chi connectivity index (χ1) is 16.6. The van der Waals surface area contributed by atoms with Crippen molar-refractivity contribution in [2.24, 2.45) is 0 Å². The summed E-state index contributed by atoms with van der Waals surface area (Å²) < 4.78 is 32.0. The molecule has 1 aromatic carbocycles. The Balaban J connectivity index is 1.84. The summed E-state index contributed by atoms with van der Waals surface area (Å²) in [5.41, 5.74) is 1.37. The molecule has 11 heteroatoms. The van der Waals surface area contributed by atoms with E-state index in [1.807, 2.05) is 6.92 Å². The van der Waals surface area contributed by atoms with Crippen molar-refractivity contribution in [3.63, 3.8) is 0 Å². The Morgan fingerprint density at radius 1 is 1.17 bits per heavy atom. The predicted octanol–water partition coefficient (Wildman–Crippen LogP) is 3.50. The van der Waals surface area contributed by atoms with Crippen molar-refractivity contribution in [1.29, 1.82) is 0 Å². The van der Waals surface area contributed by atoms with Gasteiger partial charge < -0.3 is 15.0 Å². The van der Waals surface area contributed by atoms with Crippen LogP contribution in [0, 0.1) is 0 Å². The third-order valence-corrected chi connectivity index (χ3v) is 8.86. The van der Waals surface area contributed by atoms with E-state index in [0.29, 0.717) is 36.6 Å². The normalized spacial score (nSPS) is 13.5. The molecule has 2 amide bonds. The molecule has 3 rings (SSSR count). The van der Waals surface area contributed by atoms with Crippen molar-refractivity contribution >= 4 is 44.1 Å². The Kier molecular flexibility index (Phi) is 8.68. The minimum Gasteiger partial charge on any atom is -0.462 e. The van der Waals surface area contributed by atoms with Crippen LogP contribution in [0.25, 0.3) is 0 Å². The maximum atomic E-state index is 13.0. The summed E-state index contributed by atoms with van der Waals surface area (Å²) in [5.74, 6) is -1.04. The van der Waals surface area contributed by atoms with Gasteiger partial charge in [-0.15, -0.1) is 11.3 Å². The molecule has 1 aromatic heterocycles. The SMILES string of the molecule is CCCCN(C)S(=O)(=O)c1ccc(C(=O)Nc2sc3c(c2C(=O)OCC)CCN(C(C)=O)C3)cc1. The summed E-state index contributed by atoms with van der Waals surface area (Å²) in [6.07, 6.45) is 2.13. The number of sulfonamides is 1. The molecule has 1 N–H and O–H groups in total. The summed E-state index contributed by atoms with van der Waals surface area (Å²) in [5, 5.41) is 3.15. The molecule has 9 nitrogen and oxygen atoms in total. The van der Waals surface area contributed by atoms with Gasteiger partial charge in [-0.05, 0) is 49.6 Å². The lowest BCUT2D eigenvalue weighted by Gasteiger charge is -2.25. The number of nitrogens with one attached hydrogen (secondary N) is 1. The lowest BCUT2D eigenvalue weighted by atomic mass is 10.0. The van der Waals surface area contributed by atoms with Crippen LogP contribution in [0.15, 0.2) is 29.2 Å². The molecule has 1 aliphatic rings. The molecule has 2 aromatic rings. The fourth-order valence-electron chi connectivity index (χ4n) is 3.81. The summed E-state index contributed by atoms with van der Waals surface area (Å²) in [4.78, 5) is 40.1. The summed E-state index contributed by atoms with van der Waals surface area (Å²) in [6.45, 7) is 6.67. The highest BCUT2D eigenvalue weighted by Gasteiger charge is 2.30. The number of nitrogens with zero attached hydrogens (tertiary/aromatic N) is 2. The number of carbonyl (C=O) groups is 3. The van der Waals surface area contributed by atoms with E-state index >= 15 is 0 Å². The molecule has 0 unspecified atom stereocenters. The van der Waals surface area contributed by atoms with Crippen molar-refractivity contribution in [3.8, 4) is 0 Å². The zero-order valence-electron chi connectivity index (χ0n) is 20.4. The summed E-state index contributed by atoms with van der Waals surface area (Å²) >= 11 is 1.25. The first-order valence-electron chi connectivity index (χ1n) is 11.5. The molecule has 0 fully saturated rings. The topological polar surface area (TPSA) is 113 Å². The number of thiophene rings is 1. The van der Waals surface area contributed by atoms with E-state index in [-0.39, 0.29) is 23.0 Å². The first kappa shape index (κ1) is 26.8. The average Bonchev–Trinajstić information content (AvgIpc) is 3.19. The first-order valence-corrected chi connectivity index (χ1v) is 13.8. The van der Waals surface area contributed by atoms with E-state index in [0.717, 1.165) is 23.3 Å². The molecule has 0 radical (unpaired) electrons. The van der Waals surface area contributed by atoms with Gasteiger partial charge in [0.25, 0.3) is 5.91 Å². The van der Waals surface area contributed by atoms with Crippen LogP contribution in [-0.2, 0) is 32.5 Å². The third kappa shape index (κ3) is 5.91. The van der Waals surface area contributed by atoms with Gasteiger partial charge in [0.15, 0.2) is 0 Å². The number of fused-ring (bicyclic) bond motifs is 1. The standard InChI is InChI=1S/C24H31N3O6S2/c1-5-7-13-26(4)35(31,32)18-10-8-17(9-11-18)22(29)25-23-21(24(30)33-6-2)19-12-14-27(16(3)28)15-20(19)34-23/h8-11H,5-7,12-15H2,1-4H3,(H,25,29).